The van der Waals surface area contributed by atoms with Gasteiger partial charge < -0.3 is 15.4 Å². The number of nitrogens with zero attached hydrogens (tertiary/aromatic N) is 2. The van der Waals surface area contributed by atoms with Crippen molar-refractivity contribution in [2.45, 2.75) is 33.1 Å². The highest BCUT2D eigenvalue weighted by atomic mass is 32.1. The topological polar surface area (TPSA) is 102 Å². The van der Waals surface area contributed by atoms with Gasteiger partial charge in [-0.2, -0.15) is 5.10 Å². The summed E-state index contributed by atoms with van der Waals surface area (Å²) in [5, 5.41) is 10.1. The number of anilines is 1. The number of nitrogens with one attached hydrogen (secondary N) is 2. The standard InChI is InChI=1S/C23H23FN4O4S/c1-4-32-23(31)17-12(2)19(21(30)25-3)33-22(17)26-20(29)18-15-6-5-7-16(15)28(27-18)14-10-8-13(24)9-11-14/h8-11H,4-7H2,1-3H3,(H,25,30)(H,26,29). The maximum absolute atomic E-state index is 13.4. The van der Waals surface area contributed by atoms with Crippen molar-refractivity contribution in [3.63, 3.8) is 0 Å². The molecule has 2 aromatic heterocycles. The predicted octanol–water partition coefficient (Wildman–Crippen LogP) is 3.66. The Morgan fingerprint density at radius 1 is 1.18 bits per heavy atom. The molecule has 1 aromatic carbocycles. The van der Waals surface area contributed by atoms with Crippen LogP contribution in [-0.2, 0) is 17.6 Å². The molecule has 0 saturated heterocycles. The normalized spacial score (nSPS) is 12.4. The summed E-state index contributed by atoms with van der Waals surface area (Å²) < 4.78 is 20.2. The summed E-state index contributed by atoms with van der Waals surface area (Å²) in [6.45, 7) is 3.49. The van der Waals surface area contributed by atoms with Crippen LogP contribution < -0.4 is 10.6 Å². The summed E-state index contributed by atoms with van der Waals surface area (Å²) in [4.78, 5) is 38.4. The maximum Gasteiger partial charge on any atom is 0.341 e. The van der Waals surface area contributed by atoms with Crippen LogP contribution in [0.15, 0.2) is 24.3 Å². The van der Waals surface area contributed by atoms with Gasteiger partial charge in [0, 0.05) is 18.3 Å². The summed E-state index contributed by atoms with van der Waals surface area (Å²) in [7, 11) is 1.50. The molecule has 172 valence electrons. The number of halogens is 1. The fraction of sp³-hybridized carbons (Fsp3) is 0.304. The van der Waals surface area contributed by atoms with Gasteiger partial charge in [-0.1, -0.05) is 0 Å². The number of fused-ring (bicyclic) bond motifs is 1. The Balaban J connectivity index is 1.72. The molecular weight excluding hydrogens is 447 g/mol. The zero-order valence-corrected chi connectivity index (χ0v) is 19.3. The molecule has 1 aliphatic rings. The van der Waals surface area contributed by atoms with E-state index in [0.717, 1.165) is 35.4 Å². The van der Waals surface area contributed by atoms with Gasteiger partial charge in [-0.15, -0.1) is 11.3 Å². The second-order valence-electron chi connectivity index (χ2n) is 7.53. The minimum atomic E-state index is -0.612. The van der Waals surface area contributed by atoms with Crippen LogP contribution in [0.4, 0.5) is 9.39 Å². The second kappa shape index (κ2) is 9.14. The minimum absolute atomic E-state index is 0.156. The van der Waals surface area contributed by atoms with E-state index >= 15 is 0 Å². The molecule has 2 amide bonds. The molecule has 2 N–H and O–H groups in total. The van der Waals surface area contributed by atoms with E-state index in [9.17, 15) is 18.8 Å². The van der Waals surface area contributed by atoms with Crippen LogP contribution in [0.2, 0.25) is 0 Å². The van der Waals surface area contributed by atoms with Crippen LogP contribution in [0.1, 0.15) is 60.7 Å². The molecule has 0 aliphatic heterocycles. The lowest BCUT2D eigenvalue weighted by molar-refractivity contribution is 0.0527. The number of ether oxygens (including phenoxy) is 1. The Hall–Kier alpha value is -3.53. The highest BCUT2D eigenvalue weighted by molar-refractivity contribution is 7.18. The van der Waals surface area contributed by atoms with Gasteiger partial charge in [0.15, 0.2) is 5.69 Å². The van der Waals surface area contributed by atoms with Crippen molar-refractivity contribution in [1.82, 2.24) is 15.1 Å². The average Bonchev–Trinajstić information content (AvgIpc) is 3.48. The molecular formula is C23H23FN4O4S. The van der Waals surface area contributed by atoms with Crippen molar-refractivity contribution < 1.29 is 23.5 Å². The van der Waals surface area contributed by atoms with Crippen molar-refractivity contribution >= 4 is 34.1 Å². The van der Waals surface area contributed by atoms with Crippen molar-refractivity contribution in [3.05, 3.63) is 63.0 Å². The molecule has 0 saturated carbocycles. The summed E-state index contributed by atoms with van der Waals surface area (Å²) in [5.41, 5.74) is 3.24. The molecule has 33 heavy (non-hydrogen) atoms. The van der Waals surface area contributed by atoms with Crippen molar-refractivity contribution in [3.8, 4) is 5.69 Å². The number of aromatic nitrogens is 2. The fourth-order valence-electron chi connectivity index (χ4n) is 3.96. The smallest absolute Gasteiger partial charge is 0.341 e. The lowest BCUT2D eigenvalue weighted by atomic mass is 10.1. The van der Waals surface area contributed by atoms with Crippen LogP contribution >= 0.6 is 11.3 Å². The van der Waals surface area contributed by atoms with E-state index in [4.69, 9.17) is 4.74 Å². The number of benzene rings is 1. The lowest BCUT2D eigenvalue weighted by Gasteiger charge is -2.07. The molecule has 0 fully saturated rings. The molecule has 10 heteroatoms. The first-order chi connectivity index (χ1) is 15.8. The molecule has 2 heterocycles. The van der Waals surface area contributed by atoms with Crippen molar-refractivity contribution in [2.24, 2.45) is 0 Å². The Bertz CT molecular complexity index is 1250. The van der Waals surface area contributed by atoms with Crippen LogP contribution in [0.3, 0.4) is 0 Å². The second-order valence-corrected chi connectivity index (χ2v) is 8.55. The summed E-state index contributed by atoms with van der Waals surface area (Å²) >= 11 is 1.01. The quantitative estimate of drug-likeness (QED) is 0.536. The highest BCUT2D eigenvalue weighted by Gasteiger charge is 2.30. The number of amides is 2. The van der Waals surface area contributed by atoms with Crippen LogP contribution in [-0.4, -0.2) is 41.2 Å². The molecule has 3 aromatic rings. The van der Waals surface area contributed by atoms with E-state index in [1.807, 2.05) is 0 Å². The minimum Gasteiger partial charge on any atom is -0.462 e. The van der Waals surface area contributed by atoms with Crippen molar-refractivity contribution in [2.75, 3.05) is 19.0 Å². The molecule has 1 aliphatic carbocycles. The van der Waals surface area contributed by atoms with E-state index < -0.39 is 11.9 Å². The van der Waals surface area contributed by atoms with Gasteiger partial charge in [-0.3, -0.25) is 9.59 Å². The molecule has 0 radical (unpaired) electrons. The molecule has 4 rings (SSSR count). The van der Waals surface area contributed by atoms with E-state index in [1.54, 1.807) is 30.7 Å². The van der Waals surface area contributed by atoms with Gasteiger partial charge in [0.25, 0.3) is 11.8 Å². The zero-order valence-electron chi connectivity index (χ0n) is 18.5. The third-order valence-corrected chi connectivity index (χ3v) is 6.71. The van der Waals surface area contributed by atoms with Gasteiger partial charge in [-0.25, -0.2) is 13.9 Å². The number of esters is 1. The Kier molecular flexibility index (Phi) is 6.28. The summed E-state index contributed by atoms with van der Waals surface area (Å²) in [5.74, 6) is -1.81. The maximum atomic E-state index is 13.4. The SMILES string of the molecule is CCOC(=O)c1c(NC(=O)c2nn(-c3ccc(F)cc3)c3c2CCC3)sc(C(=O)NC)c1C. The zero-order chi connectivity index (χ0) is 23.7. The Morgan fingerprint density at radius 3 is 2.58 bits per heavy atom. The molecule has 0 spiro atoms. The summed E-state index contributed by atoms with van der Waals surface area (Å²) in [6, 6.07) is 5.91. The fourth-order valence-corrected chi connectivity index (χ4v) is 5.09. The van der Waals surface area contributed by atoms with E-state index in [0.29, 0.717) is 22.5 Å². The first-order valence-corrected chi connectivity index (χ1v) is 11.4. The first kappa shape index (κ1) is 22.7. The predicted molar refractivity (Wildman–Crippen MR) is 122 cm³/mol. The molecule has 0 atom stereocenters. The largest absolute Gasteiger partial charge is 0.462 e. The molecule has 0 bridgehead atoms. The van der Waals surface area contributed by atoms with Gasteiger partial charge in [0.05, 0.1) is 22.7 Å². The van der Waals surface area contributed by atoms with Gasteiger partial charge in [0.2, 0.25) is 0 Å². The molecule has 8 nitrogen and oxygen atoms in total. The summed E-state index contributed by atoms with van der Waals surface area (Å²) in [6.07, 6.45) is 2.32. The number of hydrogen-bond donors (Lipinski definition) is 2. The number of hydrogen-bond acceptors (Lipinski definition) is 6. The number of carbonyl (C=O) groups excluding carboxylic acids is 3. The Labute approximate surface area is 193 Å². The van der Waals surface area contributed by atoms with Gasteiger partial charge >= 0.3 is 5.97 Å². The third-order valence-electron chi connectivity index (χ3n) is 5.50. The monoisotopic (exact) mass is 470 g/mol. The van der Waals surface area contributed by atoms with E-state index in [2.05, 4.69) is 15.7 Å². The number of thiophene rings is 1. The number of rotatable bonds is 6. The lowest BCUT2D eigenvalue weighted by Crippen LogP contribution is -2.18. The molecule has 0 unspecified atom stereocenters. The van der Waals surface area contributed by atoms with E-state index in [-0.39, 0.29) is 34.6 Å². The first-order valence-electron chi connectivity index (χ1n) is 10.6. The van der Waals surface area contributed by atoms with Crippen LogP contribution in [0.25, 0.3) is 5.69 Å². The average molecular weight is 471 g/mol. The van der Waals surface area contributed by atoms with Gasteiger partial charge in [-0.05, 0) is 62.9 Å². The van der Waals surface area contributed by atoms with Crippen LogP contribution in [0, 0.1) is 12.7 Å². The number of carbonyl (C=O) groups is 3. The van der Waals surface area contributed by atoms with E-state index in [1.165, 1.54) is 19.2 Å². The van der Waals surface area contributed by atoms with Gasteiger partial charge in [0.1, 0.15) is 10.8 Å². The van der Waals surface area contributed by atoms with Crippen LogP contribution in [0.5, 0.6) is 0 Å². The third kappa shape index (κ3) is 4.13. The Morgan fingerprint density at radius 2 is 1.91 bits per heavy atom. The highest BCUT2D eigenvalue weighted by Crippen LogP contribution is 2.35. The van der Waals surface area contributed by atoms with Crippen molar-refractivity contribution in [1.29, 1.82) is 0 Å².